The van der Waals surface area contributed by atoms with Gasteiger partial charge in [0, 0.05) is 19.8 Å². The Kier molecular flexibility index (Phi) is 5.24. The van der Waals surface area contributed by atoms with Crippen molar-refractivity contribution in [3.63, 3.8) is 0 Å². The lowest BCUT2D eigenvalue weighted by Crippen LogP contribution is -2.51. The number of sulfonamides is 1. The number of nitrogens with one attached hydrogen (secondary N) is 1. The van der Waals surface area contributed by atoms with Gasteiger partial charge in [-0.1, -0.05) is 25.7 Å². The first kappa shape index (κ1) is 17.4. The first-order chi connectivity index (χ1) is 11.5. The van der Waals surface area contributed by atoms with E-state index < -0.39 is 16.1 Å². The molecular formula is C16H26N4O3S. The standard InChI is InChI=1S/C16H26N4O3S/c1-17-16(21)15-9-5-6-10-20(15)24(22,23)14-11-18-19(12-14)13-7-3-2-4-8-13/h11-13,15H,2-10H2,1H3,(H,17,21). The third-order valence-corrected chi connectivity index (χ3v) is 7.00. The van der Waals surface area contributed by atoms with Crippen LogP contribution in [0.1, 0.15) is 57.4 Å². The van der Waals surface area contributed by atoms with Gasteiger partial charge in [0.2, 0.25) is 15.9 Å². The molecule has 1 amide bonds. The van der Waals surface area contributed by atoms with Crippen LogP contribution in [0.25, 0.3) is 0 Å². The Balaban J connectivity index is 1.83. The Morgan fingerprint density at radius 2 is 1.88 bits per heavy atom. The summed E-state index contributed by atoms with van der Waals surface area (Å²) in [5.74, 6) is -0.238. The van der Waals surface area contributed by atoms with Crippen molar-refractivity contribution >= 4 is 15.9 Å². The van der Waals surface area contributed by atoms with Crippen molar-refractivity contribution in [2.75, 3.05) is 13.6 Å². The van der Waals surface area contributed by atoms with Crippen molar-refractivity contribution in [1.29, 1.82) is 0 Å². The lowest BCUT2D eigenvalue weighted by atomic mass is 9.96. The first-order valence-electron chi connectivity index (χ1n) is 8.81. The SMILES string of the molecule is CNC(=O)C1CCCCN1S(=O)(=O)c1cnn(C2CCCCC2)c1. The van der Waals surface area contributed by atoms with E-state index in [1.807, 2.05) is 0 Å². The molecule has 2 fully saturated rings. The number of carbonyl (C=O) groups excluding carboxylic acids is 1. The lowest BCUT2D eigenvalue weighted by Gasteiger charge is -2.32. The molecule has 8 heteroatoms. The van der Waals surface area contributed by atoms with Crippen LogP contribution in [0.2, 0.25) is 0 Å². The molecule has 2 aliphatic rings. The molecule has 3 rings (SSSR count). The van der Waals surface area contributed by atoms with E-state index in [2.05, 4.69) is 10.4 Å². The van der Waals surface area contributed by atoms with Gasteiger partial charge < -0.3 is 5.32 Å². The number of carbonyl (C=O) groups is 1. The number of amides is 1. The molecule has 1 saturated heterocycles. The van der Waals surface area contributed by atoms with E-state index in [9.17, 15) is 13.2 Å². The van der Waals surface area contributed by atoms with Crippen molar-refractivity contribution in [3.05, 3.63) is 12.4 Å². The predicted molar refractivity (Wildman–Crippen MR) is 89.9 cm³/mol. The van der Waals surface area contributed by atoms with E-state index in [4.69, 9.17) is 0 Å². The van der Waals surface area contributed by atoms with Crippen LogP contribution in [0, 0.1) is 0 Å². The molecule has 1 aromatic rings. The smallest absolute Gasteiger partial charge is 0.246 e. The number of likely N-dealkylation sites (N-methyl/N-ethyl adjacent to an activating group) is 1. The van der Waals surface area contributed by atoms with Crippen molar-refractivity contribution in [3.8, 4) is 0 Å². The molecule has 7 nitrogen and oxygen atoms in total. The number of nitrogens with zero attached hydrogens (tertiary/aromatic N) is 3. The Morgan fingerprint density at radius 3 is 2.58 bits per heavy atom. The predicted octanol–water partition coefficient (Wildman–Crippen LogP) is 1.68. The van der Waals surface area contributed by atoms with Gasteiger partial charge in [-0.2, -0.15) is 9.40 Å². The van der Waals surface area contributed by atoms with E-state index in [1.165, 1.54) is 16.9 Å². The highest BCUT2D eigenvalue weighted by atomic mass is 32.2. The third kappa shape index (κ3) is 3.35. The van der Waals surface area contributed by atoms with Crippen LogP contribution in [0.4, 0.5) is 0 Å². The van der Waals surface area contributed by atoms with Gasteiger partial charge in [-0.3, -0.25) is 9.48 Å². The Bertz CT molecular complexity index is 679. The van der Waals surface area contributed by atoms with Crippen LogP contribution in [-0.2, 0) is 14.8 Å². The van der Waals surface area contributed by atoms with E-state index in [1.54, 1.807) is 17.9 Å². The normalized spacial score (nSPS) is 24.0. The van der Waals surface area contributed by atoms with Crippen LogP contribution in [0.3, 0.4) is 0 Å². The maximum Gasteiger partial charge on any atom is 0.246 e. The lowest BCUT2D eigenvalue weighted by molar-refractivity contribution is -0.125. The van der Waals surface area contributed by atoms with E-state index in [0.717, 1.165) is 38.5 Å². The number of rotatable bonds is 4. The maximum absolute atomic E-state index is 13.0. The Labute approximate surface area is 143 Å². The molecule has 1 aromatic heterocycles. The molecule has 0 radical (unpaired) electrons. The fourth-order valence-electron chi connectivity index (χ4n) is 3.76. The van der Waals surface area contributed by atoms with Gasteiger partial charge in [0.1, 0.15) is 10.9 Å². The van der Waals surface area contributed by atoms with Crippen molar-refractivity contribution in [2.45, 2.75) is 68.3 Å². The van der Waals surface area contributed by atoms with E-state index >= 15 is 0 Å². The van der Waals surface area contributed by atoms with Crippen molar-refractivity contribution in [2.24, 2.45) is 0 Å². The highest BCUT2D eigenvalue weighted by Gasteiger charge is 2.38. The number of aromatic nitrogens is 2. The average Bonchev–Trinajstić information content (AvgIpc) is 3.13. The van der Waals surface area contributed by atoms with E-state index in [0.29, 0.717) is 19.0 Å². The summed E-state index contributed by atoms with van der Waals surface area (Å²) in [6.07, 6.45) is 10.9. The zero-order valence-electron chi connectivity index (χ0n) is 14.1. The molecule has 1 unspecified atom stereocenters. The minimum absolute atomic E-state index is 0.198. The molecule has 1 saturated carbocycles. The summed E-state index contributed by atoms with van der Waals surface area (Å²) in [6.45, 7) is 0.384. The summed E-state index contributed by atoms with van der Waals surface area (Å²) in [5.41, 5.74) is 0. The Hall–Kier alpha value is -1.41. The molecule has 1 aliphatic carbocycles. The van der Waals surface area contributed by atoms with Gasteiger partial charge in [-0.15, -0.1) is 0 Å². The van der Waals surface area contributed by atoms with Crippen molar-refractivity contribution < 1.29 is 13.2 Å². The molecule has 24 heavy (non-hydrogen) atoms. The zero-order valence-corrected chi connectivity index (χ0v) is 15.0. The van der Waals surface area contributed by atoms with Gasteiger partial charge in [0.15, 0.2) is 0 Å². The second kappa shape index (κ2) is 7.23. The molecule has 134 valence electrons. The number of hydrogen-bond acceptors (Lipinski definition) is 4. The van der Waals surface area contributed by atoms with Crippen molar-refractivity contribution in [1.82, 2.24) is 19.4 Å². The quantitative estimate of drug-likeness (QED) is 0.891. The molecule has 2 heterocycles. The highest BCUT2D eigenvalue weighted by Crippen LogP contribution is 2.30. The van der Waals surface area contributed by atoms with Crippen LogP contribution < -0.4 is 5.32 Å². The minimum Gasteiger partial charge on any atom is -0.358 e. The monoisotopic (exact) mass is 354 g/mol. The van der Waals surface area contributed by atoms with Gasteiger partial charge in [0.05, 0.1) is 12.2 Å². The van der Waals surface area contributed by atoms with Gasteiger partial charge >= 0.3 is 0 Å². The summed E-state index contributed by atoms with van der Waals surface area (Å²) in [5, 5.41) is 6.88. The van der Waals surface area contributed by atoms with Gasteiger partial charge in [0.25, 0.3) is 0 Å². The highest BCUT2D eigenvalue weighted by molar-refractivity contribution is 7.89. The molecule has 1 aliphatic heterocycles. The molecule has 0 aromatic carbocycles. The average molecular weight is 354 g/mol. The molecule has 0 bridgehead atoms. The minimum atomic E-state index is -3.69. The van der Waals surface area contributed by atoms with Crippen LogP contribution in [0.15, 0.2) is 17.3 Å². The summed E-state index contributed by atoms with van der Waals surface area (Å²) in [4.78, 5) is 12.3. The second-order valence-electron chi connectivity index (χ2n) is 6.69. The first-order valence-corrected chi connectivity index (χ1v) is 10.3. The third-order valence-electron chi connectivity index (χ3n) is 5.14. The van der Waals surface area contributed by atoms with Crippen LogP contribution in [0.5, 0.6) is 0 Å². The molecular weight excluding hydrogens is 328 g/mol. The number of piperidine rings is 1. The zero-order chi connectivity index (χ0) is 17.2. The van der Waals surface area contributed by atoms with Crippen LogP contribution >= 0.6 is 0 Å². The summed E-state index contributed by atoms with van der Waals surface area (Å²) in [6, 6.07) is -0.328. The maximum atomic E-state index is 13.0. The summed E-state index contributed by atoms with van der Waals surface area (Å²) in [7, 11) is -2.15. The fraction of sp³-hybridized carbons (Fsp3) is 0.750. The summed E-state index contributed by atoms with van der Waals surface area (Å²) >= 11 is 0. The van der Waals surface area contributed by atoms with E-state index in [-0.39, 0.29) is 10.8 Å². The molecule has 0 spiro atoms. The Morgan fingerprint density at radius 1 is 1.17 bits per heavy atom. The fourth-order valence-corrected chi connectivity index (χ4v) is 5.35. The number of hydrogen-bond donors (Lipinski definition) is 1. The van der Waals surface area contributed by atoms with Gasteiger partial charge in [-0.05, 0) is 25.7 Å². The van der Waals surface area contributed by atoms with Crippen LogP contribution in [-0.4, -0.2) is 48.0 Å². The summed E-state index contributed by atoms with van der Waals surface area (Å²) < 4.78 is 29.2. The second-order valence-corrected chi connectivity index (χ2v) is 8.58. The largest absolute Gasteiger partial charge is 0.358 e. The van der Waals surface area contributed by atoms with Gasteiger partial charge in [-0.25, -0.2) is 8.42 Å². The molecule has 1 N–H and O–H groups in total. The topological polar surface area (TPSA) is 84.3 Å². The molecule has 1 atom stereocenters.